The Balaban J connectivity index is 2.10. The van der Waals surface area contributed by atoms with Crippen LogP contribution in [0.1, 0.15) is 17.3 Å². The number of thiophene rings is 1. The zero-order valence-corrected chi connectivity index (χ0v) is 11.9. The number of anilines is 2. The number of nitrogens with one attached hydrogen (secondary N) is 2. The number of carbonyl (C=O) groups is 2. The van der Waals surface area contributed by atoms with Crippen molar-refractivity contribution in [2.75, 3.05) is 10.6 Å². The highest BCUT2D eigenvalue weighted by Crippen LogP contribution is 2.23. The van der Waals surface area contributed by atoms with E-state index in [4.69, 9.17) is 5.11 Å². The van der Waals surface area contributed by atoms with Gasteiger partial charge in [-0.15, -0.1) is 11.3 Å². The van der Waals surface area contributed by atoms with Gasteiger partial charge in [-0.2, -0.15) is 0 Å². The van der Waals surface area contributed by atoms with Crippen LogP contribution in [0.3, 0.4) is 0 Å². The van der Waals surface area contributed by atoms with Crippen LogP contribution in [0.5, 0.6) is 0 Å². The lowest BCUT2D eigenvalue weighted by Crippen LogP contribution is -2.23. The standard InChI is InChI=1S/C13H13N3O4S/c1-2-16-7-8(3-4-10(16)17)14-13(20)15-11-9(12(18)19)5-6-21-11/h3-7H,2H2,1H3,(H,18,19)(H2,14,15,20). The Kier molecular flexibility index (Phi) is 4.39. The number of carbonyl (C=O) groups excluding carboxylic acids is 1. The average molecular weight is 307 g/mol. The van der Waals surface area contributed by atoms with E-state index in [1.54, 1.807) is 5.38 Å². The van der Waals surface area contributed by atoms with Crippen LogP contribution < -0.4 is 16.2 Å². The molecule has 0 spiro atoms. The second-order valence-electron chi connectivity index (χ2n) is 4.09. The van der Waals surface area contributed by atoms with Gasteiger partial charge in [0.05, 0.1) is 11.3 Å². The summed E-state index contributed by atoms with van der Waals surface area (Å²) in [6.45, 7) is 2.31. The van der Waals surface area contributed by atoms with Crippen LogP contribution >= 0.6 is 11.3 Å². The predicted octanol–water partition coefficient (Wildman–Crippen LogP) is 2.27. The summed E-state index contributed by atoms with van der Waals surface area (Å²) in [7, 11) is 0. The summed E-state index contributed by atoms with van der Waals surface area (Å²) in [6, 6.07) is 3.69. The summed E-state index contributed by atoms with van der Waals surface area (Å²) in [5.74, 6) is -1.11. The Labute approximate surface area is 123 Å². The molecule has 2 rings (SSSR count). The third kappa shape index (κ3) is 3.48. The van der Waals surface area contributed by atoms with Crippen LogP contribution in [0.2, 0.25) is 0 Å². The maximum Gasteiger partial charge on any atom is 0.338 e. The third-order valence-corrected chi connectivity index (χ3v) is 3.53. The Hall–Kier alpha value is -2.61. The molecule has 21 heavy (non-hydrogen) atoms. The quantitative estimate of drug-likeness (QED) is 0.806. The second kappa shape index (κ2) is 6.23. The lowest BCUT2D eigenvalue weighted by atomic mass is 10.3. The summed E-state index contributed by atoms with van der Waals surface area (Å²) < 4.78 is 1.45. The first-order valence-corrected chi connectivity index (χ1v) is 6.98. The number of amides is 2. The monoisotopic (exact) mass is 307 g/mol. The van der Waals surface area contributed by atoms with Gasteiger partial charge in [-0.05, 0) is 24.4 Å². The molecule has 0 aromatic carbocycles. The number of rotatable bonds is 4. The van der Waals surface area contributed by atoms with Crippen LogP contribution in [0.4, 0.5) is 15.5 Å². The highest BCUT2D eigenvalue weighted by Gasteiger charge is 2.13. The molecule has 2 heterocycles. The molecule has 0 aliphatic heterocycles. The van der Waals surface area contributed by atoms with E-state index >= 15 is 0 Å². The largest absolute Gasteiger partial charge is 0.478 e. The maximum absolute atomic E-state index is 11.8. The highest BCUT2D eigenvalue weighted by atomic mass is 32.1. The van der Waals surface area contributed by atoms with Gasteiger partial charge in [-0.3, -0.25) is 10.1 Å². The molecule has 2 amide bonds. The number of carboxylic acid groups (broad SMARTS) is 1. The van der Waals surface area contributed by atoms with E-state index in [0.717, 1.165) is 11.3 Å². The normalized spacial score (nSPS) is 10.1. The predicted molar refractivity (Wildman–Crippen MR) is 80.3 cm³/mol. The van der Waals surface area contributed by atoms with Gasteiger partial charge in [0.2, 0.25) is 0 Å². The summed E-state index contributed by atoms with van der Waals surface area (Å²) in [4.78, 5) is 34.2. The second-order valence-corrected chi connectivity index (χ2v) is 5.01. The topological polar surface area (TPSA) is 100 Å². The number of hydrogen-bond acceptors (Lipinski definition) is 4. The first kappa shape index (κ1) is 14.8. The van der Waals surface area contributed by atoms with E-state index in [9.17, 15) is 14.4 Å². The minimum atomic E-state index is -1.11. The summed E-state index contributed by atoms with van der Waals surface area (Å²) in [5, 5.41) is 15.8. The van der Waals surface area contributed by atoms with Crippen molar-refractivity contribution < 1.29 is 14.7 Å². The minimum Gasteiger partial charge on any atom is -0.478 e. The van der Waals surface area contributed by atoms with Crippen molar-refractivity contribution >= 4 is 34.0 Å². The van der Waals surface area contributed by atoms with E-state index < -0.39 is 12.0 Å². The van der Waals surface area contributed by atoms with Crippen LogP contribution in [0.25, 0.3) is 0 Å². The molecule has 7 nitrogen and oxygen atoms in total. The van der Waals surface area contributed by atoms with Gasteiger partial charge < -0.3 is 15.0 Å². The van der Waals surface area contributed by atoms with E-state index in [1.807, 2.05) is 6.92 Å². The molecule has 2 aromatic heterocycles. The van der Waals surface area contributed by atoms with Crippen molar-refractivity contribution in [3.8, 4) is 0 Å². The fourth-order valence-electron chi connectivity index (χ4n) is 1.69. The molecule has 110 valence electrons. The molecule has 0 saturated carbocycles. The molecule has 0 radical (unpaired) electrons. The van der Waals surface area contributed by atoms with Crippen molar-refractivity contribution in [1.29, 1.82) is 0 Å². The number of urea groups is 1. The molecular weight excluding hydrogens is 294 g/mol. The third-order valence-electron chi connectivity index (χ3n) is 2.70. The SMILES string of the molecule is CCn1cc(NC(=O)Nc2sccc2C(=O)O)ccc1=O. The Morgan fingerprint density at radius 2 is 2.05 bits per heavy atom. The number of aryl methyl sites for hydroxylation is 1. The van der Waals surface area contributed by atoms with Gasteiger partial charge in [0, 0.05) is 18.8 Å². The van der Waals surface area contributed by atoms with Gasteiger partial charge in [0.1, 0.15) is 5.00 Å². The lowest BCUT2D eigenvalue weighted by molar-refractivity contribution is 0.0698. The van der Waals surface area contributed by atoms with E-state index in [2.05, 4.69) is 10.6 Å². The Bertz CT molecular complexity index is 735. The number of aromatic carboxylic acids is 1. The number of carboxylic acids is 1. The van der Waals surface area contributed by atoms with Crippen molar-refractivity contribution in [3.05, 3.63) is 45.7 Å². The molecule has 8 heteroatoms. The molecule has 0 unspecified atom stereocenters. The Morgan fingerprint density at radius 1 is 1.29 bits per heavy atom. The first-order chi connectivity index (χ1) is 10.0. The molecule has 0 saturated heterocycles. The highest BCUT2D eigenvalue weighted by molar-refractivity contribution is 7.14. The van der Waals surface area contributed by atoms with Gasteiger partial charge >= 0.3 is 12.0 Å². The van der Waals surface area contributed by atoms with Crippen LogP contribution in [-0.4, -0.2) is 21.7 Å². The fourth-order valence-corrected chi connectivity index (χ4v) is 2.47. The zero-order chi connectivity index (χ0) is 15.4. The number of aromatic nitrogens is 1. The number of pyridine rings is 1. The number of hydrogen-bond donors (Lipinski definition) is 3. The van der Waals surface area contributed by atoms with Crippen LogP contribution in [0, 0.1) is 0 Å². The maximum atomic E-state index is 11.8. The molecule has 0 atom stereocenters. The lowest BCUT2D eigenvalue weighted by Gasteiger charge is -2.09. The molecule has 0 aliphatic carbocycles. The van der Waals surface area contributed by atoms with E-state index in [0.29, 0.717) is 12.2 Å². The average Bonchev–Trinajstić information content (AvgIpc) is 2.89. The van der Waals surface area contributed by atoms with Crippen molar-refractivity contribution in [2.24, 2.45) is 0 Å². The van der Waals surface area contributed by atoms with E-state index in [1.165, 1.54) is 29.0 Å². The van der Waals surface area contributed by atoms with Crippen LogP contribution in [-0.2, 0) is 6.54 Å². The van der Waals surface area contributed by atoms with Gasteiger partial charge in [-0.25, -0.2) is 9.59 Å². The molecule has 0 bridgehead atoms. The summed E-state index contributed by atoms with van der Waals surface area (Å²) >= 11 is 1.12. The smallest absolute Gasteiger partial charge is 0.338 e. The first-order valence-electron chi connectivity index (χ1n) is 6.10. The van der Waals surface area contributed by atoms with Crippen LogP contribution in [0.15, 0.2) is 34.6 Å². The Morgan fingerprint density at radius 3 is 2.71 bits per heavy atom. The van der Waals surface area contributed by atoms with E-state index in [-0.39, 0.29) is 16.1 Å². The van der Waals surface area contributed by atoms with Crippen molar-refractivity contribution in [3.63, 3.8) is 0 Å². The fraction of sp³-hybridized carbons (Fsp3) is 0.154. The zero-order valence-electron chi connectivity index (χ0n) is 11.1. The minimum absolute atomic E-state index is 0.0358. The molecule has 0 fully saturated rings. The number of nitrogens with zero attached hydrogens (tertiary/aromatic N) is 1. The van der Waals surface area contributed by atoms with Gasteiger partial charge in [0.15, 0.2) is 0 Å². The molecule has 2 aromatic rings. The summed E-state index contributed by atoms with van der Waals surface area (Å²) in [6.07, 6.45) is 1.52. The summed E-state index contributed by atoms with van der Waals surface area (Å²) in [5.41, 5.74) is 0.325. The molecule has 0 aliphatic rings. The van der Waals surface area contributed by atoms with Gasteiger partial charge in [0.25, 0.3) is 5.56 Å². The molecular formula is C13H13N3O4S. The van der Waals surface area contributed by atoms with Gasteiger partial charge in [-0.1, -0.05) is 0 Å². The van der Waals surface area contributed by atoms with Crippen molar-refractivity contribution in [1.82, 2.24) is 4.57 Å². The van der Waals surface area contributed by atoms with Crippen molar-refractivity contribution in [2.45, 2.75) is 13.5 Å². The molecule has 3 N–H and O–H groups in total.